The van der Waals surface area contributed by atoms with Crippen LogP contribution in [0.3, 0.4) is 0 Å². The van der Waals surface area contributed by atoms with Crippen molar-refractivity contribution in [3.05, 3.63) is 24.3 Å². The highest BCUT2D eigenvalue weighted by Crippen LogP contribution is 2.26. The lowest BCUT2D eigenvalue weighted by molar-refractivity contribution is 0.306. The predicted octanol–water partition coefficient (Wildman–Crippen LogP) is 0.806. The van der Waals surface area contributed by atoms with Gasteiger partial charge in [-0.05, 0) is 26.0 Å². The van der Waals surface area contributed by atoms with Crippen molar-refractivity contribution in [1.82, 2.24) is 0 Å². The van der Waals surface area contributed by atoms with E-state index in [4.69, 9.17) is 10.8 Å². The molecule has 0 unspecified atom stereocenters. The van der Waals surface area contributed by atoms with E-state index in [1.807, 2.05) is 0 Å². The second-order valence-electron chi connectivity index (χ2n) is 3.95. The van der Waals surface area contributed by atoms with Gasteiger partial charge in [0.1, 0.15) is 0 Å². The van der Waals surface area contributed by atoms with Crippen molar-refractivity contribution < 1.29 is 13.5 Å². The van der Waals surface area contributed by atoms with Gasteiger partial charge in [-0.1, -0.05) is 12.1 Å². The third-order valence-electron chi connectivity index (χ3n) is 2.41. The van der Waals surface area contributed by atoms with Gasteiger partial charge in [0.2, 0.25) is 10.0 Å². The third kappa shape index (κ3) is 2.89. The quantitative estimate of drug-likeness (QED) is 0.765. The number of nitrogens with zero attached hydrogens (tertiary/aromatic N) is 1. The van der Waals surface area contributed by atoms with Crippen LogP contribution < -0.4 is 10.0 Å². The maximum atomic E-state index is 12.1. The summed E-state index contributed by atoms with van der Waals surface area (Å²) < 4.78 is 25.4. The van der Waals surface area contributed by atoms with Gasteiger partial charge >= 0.3 is 0 Å². The zero-order chi connectivity index (χ0) is 13.1. The van der Waals surface area contributed by atoms with Gasteiger partial charge in [-0.15, -0.1) is 0 Å². The van der Waals surface area contributed by atoms with E-state index >= 15 is 0 Å². The summed E-state index contributed by atoms with van der Waals surface area (Å²) in [7, 11) is -3.48. The highest BCUT2D eigenvalue weighted by Gasteiger charge is 2.26. The first kappa shape index (κ1) is 13.8. The van der Waals surface area contributed by atoms with Crippen LogP contribution in [0.4, 0.5) is 11.4 Å². The zero-order valence-corrected chi connectivity index (χ0v) is 10.8. The van der Waals surface area contributed by atoms with Crippen molar-refractivity contribution in [2.45, 2.75) is 19.1 Å². The van der Waals surface area contributed by atoms with Gasteiger partial charge in [0, 0.05) is 0 Å². The maximum absolute atomic E-state index is 12.1. The Bertz CT molecular complexity index is 471. The van der Waals surface area contributed by atoms with E-state index in [-0.39, 0.29) is 13.2 Å². The molecule has 0 saturated heterocycles. The van der Waals surface area contributed by atoms with Crippen molar-refractivity contribution in [2.24, 2.45) is 0 Å². The zero-order valence-electron chi connectivity index (χ0n) is 10.00. The van der Waals surface area contributed by atoms with Gasteiger partial charge in [0.05, 0.1) is 29.8 Å². The predicted molar refractivity (Wildman–Crippen MR) is 69.3 cm³/mol. The molecule has 0 atom stereocenters. The molecular weight excluding hydrogens is 240 g/mol. The summed E-state index contributed by atoms with van der Waals surface area (Å²) in [5.41, 5.74) is 6.55. The number of sulfonamides is 1. The number of nitrogens with two attached hydrogens (primary N) is 1. The molecule has 0 aromatic heterocycles. The minimum atomic E-state index is -3.48. The monoisotopic (exact) mass is 258 g/mol. The van der Waals surface area contributed by atoms with E-state index in [0.29, 0.717) is 11.4 Å². The van der Waals surface area contributed by atoms with Crippen molar-refractivity contribution in [1.29, 1.82) is 0 Å². The van der Waals surface area contributed by atoms with Crippen molar-refractivity contribution in [3.63, 3.8) is 0 Å². The average molecular weight is 258 g/mol. The Balaban J connectivity index is 3.24. The number of anilines is 2. The smallest absolute Gasteiger partial charge is 0.237 e. The molecule has 0 aliphatic heterocycles. The molecular formula is C11H18N2O3S. The normalized spacial score (nSPS) is 11.8. The number of rotatable bonds is 5. The highest BCUT2D eigenvalue weighted by atomic mass is 32.2. The fourth-order valence-electron chi connectivity index (χ4n) is 1.44. The first-order chi connectivity index (χ1) is 7.91. The highest BCUT2D eigenvalue weighted by molar-refractivity contribution is 7.93. The number of hydrogen-bond acceptors (Lipinski definition) is 4. The lowest BCUT2D eigenvalue weighted by atomic mass is 10.3. The Hall–Kier alpha value is -1.27. The second kappa shape index (κ2) is 5.37. The molecule has 17 heavy (non-hydrogen) atoms. The minimum Gasteiger partial charge on any atom is -0.397 e. The fraction of sp³-hybridized carbons (Fsp3) is 0.455. The molecule has 3 N–H and O–H groups in total. The van der Waals surface area contributed by atoms with E-state index in [2.05, 4.69) is 0 Å². The Kier molecular flexibility index (Phi) is 4.36. The van der Waals surface area contributed by atoms with Crippen LogP contribution in [0.15, 0.2) is 24.3 Å². The molecule has 1 rings (SSSR count). The second-order valence-corrected chi connectivity index (χ2v) is 6.36. The third-order valence-corrected chi connectivity index (χ3v) is 4.60. The Morgan fingerprint density at radius 2 is 1.94 bits per heavy atom. The van der Waals surface area contributed by atoms with Gasteiger partial charge in [-0.25, -0.2) is 8.42 Å². The van der Waals surface area contributed by atoms with E-state index in [1.165, 1.54) is 0 Å². The van der Waals surface area contributed by atoms with Crippen LogP contribution in [0, 0.1) is 0 Å². The molecule has 1 aromatic carbocycles. The number of hydrogen-bond donors (Lipinski definition) is 2. The molecule has 0 radical (unpaired) electrons. The van der Waals surface area contributed by atoms with Gasteiger partial charge in [-0.2, -0.15) is 0 Å². The largest absolute Gasteiger partial charge is 0.397 e. The van der Waals surface area contributed by atoms with Crippen LogP contribution in [0.2, 0.25) is 0 Å². The van der Waals surface area contributed by atoms with Gasteiger partial charge < -0.3 is 10.8 Å². The Morgan fingerprint density at radius 3 is 2.41 bits per heavy atom. The van der Waals surface area contributed by atoms with Gasteiger partial charge in [-0.3, -0.25) is 4.31 Å². The van der Waals surface area contributed by atoms with Crippen molar-refractivity contribution in [3.8, 4) is 0 Å². The topological polar surface area (TPSA) is 83.6 Å². The summed E-state index contributed by atoms with van der Waals surface area (Å²) in [5.74, 6) is 0. The minimum absolute atomic E-state index is 0.00866. The first-order valence-electron chi connectivity index (χ1n) is 5.38. The fourth-order valence-corrected chi connectivity index (χ4v) is 2.73. The van der Waals surface area contributed by atoms with Crippen LogP contribution in [0.25, 0.3) is 0 Å². The molecule has 0 spiro atoms. The number of nitrogen functional groups attached to an aromatic ring is 1. The average Bonchev–Trinajstić information content (AvgIpc) is 2.26. The molecule has 0 aliphatic rings. The number of benzene rings is 1. The molecule has 0 saturated carbocycles. The van der Waals surface area contributed by atoms with Gasteiger partial charge in [0.15, 0.2) is 0 Å². The molecule has 0 aliphatic carbocycles. The Labute approximate surface area is 102 Å². The van der Waals surface area contributed by atoms with Gasteiger partial charge in [0.25, 0.3) is 0 Å². The lowest BCUT2D eigenvalue weighted by Crippen LogP contribution is -2.38. The van der Waals surface area contributed by atoms with E-state index in [9.17, 15) is 8.42 Å². The first-order valence-corrected chi connectivity index (χ1v) is 6.88. The van der Waals surface area contributed by atoms with Crippen LogP contribution in [0.5, 0.6) is 0 Å². The van der Waals surface area contributed by atoms with E-state index in [1.54, 1.807) is 38.1 Å². The van der Waals surface area contributed by atoms with E-state index < -0.39 is 15.3 Å². The van der Waals surface area contributed by atoms with Crippen LogP contribution >= 0.6 is 0 Å². The standard InChI is InChI=1S/C11H18N2O3S/c1-9(2)17(15,16)13(7-8-14)11-6-4-3-5-10(11)12/h3-6,9,14H,7-8,12H2,1-2H3. The molecule has 5 nitrogen and oxygen atoms in total. The summed E-state index contributed by atoms with van der Waals surface area (Å²) in [6.45, 7) is 2.95. The van der Waals surface area contributed by atoms with Crippen LogP contribution in [-0.4, -0.2) is 31.9 Å². The molecule has 0 heterocycles. The SMILES string of the molecule is CC(C)S(=O)(=O)N(CCO)c1ccccc1N. The number of aliphatic hydroxyl groups is 1. The summed E-state index contributed by atoms with van der Waals surface area (Å²) in [6.07, 6.45) is 0. The Morgan fingerprint density at radius 1 is 1.35 bits per heavy atom. The summed E-state index contributed by atoms with van der Waals surface area (Å²) >= 11 is 0. The molecule has 96 valence electrons. The summed E-state index contributed by atoms with van der Waals surface area (Å²) in [4.78, 5) is 0. The lowest BCUT2D eigenvalue weighted by Gasteiger charge is -2.26. The molecule has 0 fully saturated rings. The molecule has 6 heteroatoms. The summed E-state index contributed by atoms with van der Waals surface area (Å²) in [5, 5.41) is 8.43. The van der Waals surface area contributed by atoms with Crippen LogP contribution in [0.1, 0.15) is 13.8 Å². The molecule has 0 bridgehead atoms. The summed E-state index contributed by atoms with van der Waals surface area (Å²) in [6, 6.07) is 6.71. The van der Waals surface area contributed by atoms with Crippen molar-refractivity contribution >= 4 is 21.4 Å². The molecule has 1 aromatic rings. The van der Waals surface area contributed by atoms with E-state index in [0.717, 1.165) is 4.31 Å². The molecule has 0 amide bonds. The number of para-hydroxylation sites is 2. The van der Waals surface area contributed by atoms with Crippen molar-refractivity contribution in [2.75, 3.05) is 23.2 Å². The van der Waals surface area contributed by atoms with Crippen LogP contribution in [-0.2, 0) is 10.0 Å². The maximum Gasteiger partial charge on any atom is 0.237 e. The number of aliphatic hydroxyl groups excluding tert-OH is 1.